The van der Waals surface area contributed by atoms with Gasteiger partial charge < -0.3 is 9.47 Å². The van der Waals surface area contributed by atoms with E-state index in [1.165, 1.54) is 10.5 Å². The fourth-order valence-corrected chi connectivity index (χ4v) is 3.16. The number of imide groups is 1. The molecule has 2 aliphatic heterocycles. The molecule has 4 rings (SSSR count). The second-order valence-corrected chi connectivity index (χ2v) is 8.98. The van der Waals surface area contributed by atoms with Gasteiger partial charge in [0.2, 0.25) is 6.79 Å². The van der Waals surface area contributed by atoms with Gasteiger partial charge in [0.15, 0.2) is 11.5 Å². The smallest absolute Gasteiger partial charge is 0.262 e. The monoisotopic (exact) mass is 381 g/mol. The molecule has 0 fully saturated rings. The maximum Gasteiger partial charge on any atom is 0.262 e. The number of carbonyl (C=O) groups is 2. The van der Waals surface area contributed by atoms with Crippen molar-refractivity contribution in [2.45, 2.75) is 52.5 Å². The van der Waals surface area contributed by atoms with E-state index in [1.54, 1.807) is 24.3 Å². The number of benzene rings is 2. The number of fused-ring (bicyclic) bond motifs is 2. The van der Waals surface area contributed by atoms with Crippen LogP contribution in [0.15, 0.2) is 42.5 Å². The highest BCUT2D eigenvalue weighted by molar-refractivity contribution is 6.21. The van der Waals surface area contributed by atoms with Crippen molar-refractivity contribution in [3.05, 3.63) is 59.2 Å². The fraction of sp³-hybridized carbons (Fsp3) is 0.391. The van der Waals surface area contributed by atoms with Crippen LogP contribution in [0.2, 0.25) is 0 Å². The molecule has 2 aromatic rings. The van der Waals surface area contributed by atoms with Crippen molar-refractivity contribution in [2.75, 3.05) is 6.79 Å². The molecule has 2 amide bonds. The molecule has 0 aromatic heterocycles. The molecule has 5 heteroatoms. The van der Waals surface area contributed by atoms with Crippen LogP contribution in [0, 0.1) is 0 Å². The van der Waals surface area contributed by atoms with Crippen LogP contribution in [-0.2, 0) is 5.41 Å². The maximum absolute atomic E-state index is 12.0. The van der Waals surface area contributed by atoms with Gasteiger partial charge in [0.05, 0.1) is 11.1 Å². The summed E-state index contributed by atoms with van der Waals surface area (Å²) in [6.45, 7) is 12.5. The molecule has 0 N–H and O–H groups in total. The van der Waals surface area contributed by atoms with E-state index < -0.39 is 5.54 Å². The lowest BCUT2D eigenvalue weighted by atomic mass is 9.87. The second-order valence-electron chi connectivity index (χ2n) is 8.98. The molecule has 0 spiro atoms. The van der Waals surface area contributed by atoms with Gasteiger partial charge in [0, 0.05) is 5.54 Å². The average Bonchev–Trinajstić information content (AvgIpc) is 3.17. The highest BCUT2D eigenvalue weighted by atomic mass is 16.7. The molecule has 0 radical (unpaired) electrons. The molecular formula is C23H27NO4. The Morgan fingerprint density at radius 1 is 0.786 bits per heavy atom. The standard InChI is InChI=1S/C12H13NO2.C11H14O2/c1-12(2,3)13-10(14)8-6-4-5-7-9(8)11(13)15;1-11(2,3)8-4-5-9-10(6-8)13-7-12-9/h4-7H,1-3H3;4-6H,7H2,1-3H3. The van der Waals surface area contributed by atoms with E-state index in [0.29, 0.717) is 17.9 Å². The summed E-state index contributed by atoms with van der Waals surface area (Å²) in [7, 11) is 0. The Balaban J connectivity index is 0.000000162. The van der Waals surface area contributed by atoms with Crippen LogP contribution in [0.25, 0.3) is 0 Å². The van der Waals surface area contributed by atoms with Gasteiger partial charge in [-0.3, -0.25) is 14.5 Å². The lowest BCUT2D eigenvalue weighted by Crippen LogP contribution is -2.45. The molecule has 0 unspecified atom stereocenters. The number of hydrogen-bond donors (Lipinski definition) is 0. The van der Waals surface area contributed by atoms with Gasteiger partial charge in [-0.1, -0.05) is 39.0 Å². The Morgan fingerprint density at radius 3 is 1.82 bits per heavy atom. The van der Waals surface area contributed by atoms with E-state index in [-0.39, 0.29) is 17.2 Å². The summed E-state index contributed by atoms with van der Waals surface area (Å²) in [4.78, 5) is 25.2. The molecule has 0 bridgehead atoms. The molecule has 2 aromatic carbocycles. The Hall–Kier alpha value is -2.82. The van der Waals surface area contributed by atoms with Crippen molar-refractivity contribution in [2.24, 2.45) is 0 Å². The molecule has 148 valence electrons. The zero-order chi connectivity index (χ0) is 20.7. The van der Waals surface area contributed by atoms with Gasteiger partial charge in [0.25, 0.3) is 11.8 Å². The number of hydrogen-bond acceptors (Lipinski definition) is 4. The Morgan fingerprint density at radius 2 is 1.32 bits per heavy atom. The summed E-state index contributed by atoms with van der Waals surface area (Å²) < 4.78 is 10.6. The minimum atomic E-state index is -0.465. The van der Waals surface area contributed by atoms with Crippen LogP contribution < -0.4 is 9.47 Å². The molecule has 0 saturated heterocycles. The Kier molecular flexibility index (Phi) is 4.96. The van der Waals surface area contributed by atoms with Crippen molar-refractivity contribution >= 4 is 11.8 Å². The van der Waals surface area contributed by atoms with Gasteiger partial charge in [-0.25, -0.2) is 0 Å². The van der Waals surface area contributed by atoms with Crippen LogP contribution >= 0.6 is 0 Å². The van der Waals surface area contributed by atoms with E-state index in [1.807, 2.05) is 26.8 Å². The minimum absolute atomic E-state index is 0.168. The van der Waals surface area contributed by atoms with Crippen LogP contribution in [-0.4, -0.2) is 29.0 Å². The topological polar surface area (TPSA) is 55.8 Å². The first kappa shape index (κ1) is 19.9. The van der Waals surface area contributed by atoms with Gasteiger partial charge >= 0.3 is 0 Å². The molecule has 28 heavy (non-hydrogen) atoms. The number of ether oxygens (including phenoxy) is 2. The fourth-order valence-electron chi connectivity index (χ4n) is 3.16. The molecule has 0 atom stereocenters. The van der Waals surface area contributed by atoms with Crippen molar-refractivity contribution < 1.29 is 19.1 Å². The summed E-state index contributed by atoms with van der Waals surface area (Å²) in [5, 5.41) is 0. The third-order valence-electron chi connectivity index (χ3n) is 4.70. The molecule has 2 aliphatic rings. The first-order chi connectivity index (χ1) is 13.0. The third kappa shape index (κ3) is 3.75. The predicted molar refractivity (Wildman–Crippen MR) is 108 cm³/mol. The Bertz CT molecular complexity index is 884. The quantitative estimate of drug-likeness (QED) is 0.616. The van der Waals surface area contributed by atoms with Crippen molar-refractivity contribution in [3.8, 4) is 11.5 Å². The molecule has 0 aliphatic carbocycles. The number of carbonyl (C=O) groups excluding carboxylic acids is 2. The molecule has 5 nitrogen and oxygen atoms in total. The SMILES string of the molecule is CC(C)(C)N1C(=O)c2ccccc2C1=O.CC(C)(C)c1ccc2c(c1)OCO2. The first-order valence-corrected chi connectivity index (χ1v) is 9.38. The summed E-state index contributed by atoms with van der Waals surface area (Å²) in [5.41, 5.74) is 2.00. The largest absolute Gasteiger partial charge is 0.454 e. The zero-order valence-electron chi connectivity index (χ0n) is 17.3. The molecule has 2 heterocycles. The van der Waals surface area contributed by atoms with Crippen LogP contribution in [0.5, 0.6) is 11.5 Å². The van der Waals surface area contributed by atoms with E-state index >= 15 is 0 Å². The minimum Gasteiger partial charge on any atom is -0.454 e. The van der Waals surface area contributed by atoms with Crippen LogP contribution in [0.1, 0.15) is 67.8 Å². The molecular weight excluding hydrogens is 354 g/mol. The molecule has 0 saturated carbocycles. The summed E-state index contributed by atoms with van der Waals surface area (Å²) in [6.07, 6.45) is 0. The van der Waals surface area contributed by atoms with Gasteiger partial charge in [-0.15, -0.1) is 0 Å². The van der Waals surface area contributed by atoms with Crippen molar-refractivity contribution in [3.63, 3.8) is 0 Å². The lowest BCUT2D eigenvalue weighted by Gasteiger charge is -2.29. The second kappa shape index (κ2) is 6.97. The van der Waals surface area contributed by atoms with Gasteiger partial charge in [-0.05, 0) is 56.0 Å². The lowest BCUT2D eigenvalue weighted by molar-refractivity contribution is 0.0508. The van der Waals surface area contributed by atoms with Crippen LogP contribution in [0.3, 0.4) is 0 Å². The predicted octanol–water partition coefficient (Wildman–Crippen LogP) is 4.79. The van der Waals surface area contributed by atoms with Gasteiger partial charge in [0.1, 0.15) is 0 Å². The normalized spacial score (nSPS) is 15.3. The van der Waals surface area contributed by atoms with E-state index in [9.17, 15) is 9.59 Å². The van der Waals surface area contributed by atoms with E-state index in [4.69, 9.17) is 9.47 Å². The van der Waals surface area contributed by atoms with E-state index in [0.717, 1.165) is 11.5 Å². The third-order valence-corrected chi connectivity index (χ3v) is 4.70. The van der Waals surface area contributed by atoms with Crippen LogP contribution in [0.4, 0.5) is 0 Å². The Labute approximate surface area is 166 Å². The van der Waals surface area contributed by atoms with E-state index in [2.05, 4.69) is 32.9 Å². The number of amides is 2. The van der Waals surface area contributed by atoms with Crippen molar-refractivity contribution in [1.82, 2.24) is 4.90 Å². The van der Waals surface area contributed by atoms with Gasteiger partial charge in [-0.2, -0.15) is 0 Å². The zero-order valence-corrected chi connectivity index (χ0v) is 17.3. The summed E-state index contributed by atoms with van der Waals surface area (Å²) in [5.74, 6) is 1.34. The number of nitrogens with zero attached hydrogens (tertiary/aromatic N) is 1. The highest BCUT2D eigenvalue weighted by Gasteiger charge is 2.41. The average molecular weight is 381 g/mol. The number of rotatable bonds is 0. The maximum atomic E-state index is 12.0. The highest BCUT2D eigenvalue weighted by Crippen LogP contribution is 2.36. The summed E-state index contributed by atoms with van der Waals surface area (Å²) >= 11 is 0. The summed E-state index contributed by atoms with van der Waals surface area (Å²) in [6, 6.07) is 13.1. The first-order valence-electron chi connectivity index (χ1n) is 9.38. The van der Waals surface area contributed by atoms with Crippen molar-refractivity contribution in [1.29, 1.82) is 0 Å².